The Kier molecular flexibility index (Phi) is 4.35. The zero-order valence-corrected chi connectivity index (χ0v) is 13.3. The van der Waals surface area contributed by atoms with Gasteiger partial charge >= 0.3 is 0 Å². The van der Waals surface area contributed by atoms with Gasteiger partial charge in [0.1, 0.15) is 5.75 Å². The standard InChI is InChI=1S/C14H16Cl2N2O3/c1-14(5-11(20)18(7-14)6-10(17)19)12-9(21-2)4-3-8(15)13(12)16/h3-4H,5-7H2,1-2H3,(H2,17,19). The first-order chi connectivity index (χ1) is 9.78. The molecule has 1 aliphatic rings. The van der Waals surface area contributed by atoms with Gasteiger partial charge in [-0.3, -0.25) is 9.59 Å². The van der Waals surface area contributed by atoms with Crippen molar-refractivity contribution in [3.8, 4) is 5.75 Å². The lowest BCUT2D eigenvalue weighted by atomic mass is 9.81. The van der Waals surface area contributed by atoms with Crippen molar-refractivity contribution in [2.45, 2.75) is 18.8 Å². The van der Waals surface area contributed by atoms with Gasteiger partial charge in [-0.15, -0.1) is 0 Å². The van der Waals surface area contributed by atoms with Crippen LogP contribution < -0.4 is 10.5 Å². The largest absolute Gasteiger partial charge is 0.496 e. The fourth-order valence-corrected chi connectivity index (χ4v) is 3.32. The lowest BCUT2D eigenvalue weighted by molar-refractivity contribution is -0.132. The highest BCUT2D eigenvalue weighted by molar-refractivity contribution is 6.42. The van der Waals surface area contributed by atoms with Crippen LogP contribution in [0.4, 0.5) is 0 Å². The van der Waals surface area contributed by atoms with Crippen LogP contribution in [0, 0.1) is 0 Å². The first-order valence-corrected chi connectivity index (χ1v) is 7.12. The molecule has 0 spiro atoms. The summed E-state index contributed by atoms with van der Waals surface area (Å²) in [5.74, 6) is -0.119. The van der Waals surface area contributed by atoms with E-state index in [2.05, 4.69) is 0 Å². The molecule has 2 amide bonds. The van der Waals surface area contributed by atoms with Crippen molar-refractivity contribution in [1.82, 2.24) is 4.90 Å². The van der Waals surface area contributed by atoms with Crippen LogP contribution in [0.3, 0.4) is 0 Å². The number of halogens is 2. The second-order valence-corrected chi connectivity index (χ2v) is 6.18. The van der Waals surface area contributed by atoms with E-state index in [-0.39, 0.29) is 18.9 Å². The third kappa shape index (κ3) is 2.94. The molecular formula is C14H16Cl2N2O3. The number of methoxy groups -OCH3 is 1. The number of nitrogens with zero attached hydrogens (tertiary/aromatic N) is 1. The van der Waals surface area contributed by atoms with Gasteiger partial charge in [0.25, 0.3) is 0 Å². The molecule has 1 aliphatic heterocycles. The molecule has 2 N–H and O–H groups in total. The van der Waals surface area contributed by atoms with Gasteiger partial charge in [0.2, 0.25) is 11.8 Å². The van der Waals surface area contributed by atoms with Crippen LogP contribution in [0.2, 0.25) is 10.0 Å². The van der Waals surface area contributed by atoms with Gasteiger partial charge in [-0.1, -0.05) is 30.1 Å². The molecule has 0 aliphatic carbocycles. The van der Waals surface area contributed by atoms with Crippen LogP contribution >= 0.6 is 23.2 Å². The van der Waals surface area contributed by atoms with Crippen molar-refractivity contribution in [1.29, 1.82) is 0 Å². The lowest BCUT2D eigenvalue weighted by Gasteiger charge is -2.27. The van der Waals surface area contributed by atoms with Crippen molar-refractivity contribution < 1.29 is 14.3 Å². The summed E-state index contributed by atoms with van der Waals surface area (Å²) < 4.78 is 5.35. The van der Waals surface area contributed by atoms with E-state index in [0.717, 1.165) is 0 Å². The maximum atomic E-state index is 12.1. The Morgan fingerprint density at radius 1 is 1.48 bits per heavy atom. The number of primary amides is 1. The summed E-state index contributed by atoms with van der Waals surface area (Å²) in [6.45, 7) is 2.13. The van der Waals surface area contributed by atoms with E-state index in [1.807, 2.05) is 6.92 Å². The van der Waals surface area contributed by atoms with Crippen molar-refractivity contribution in [3.05, 3.63) is 27.7 Å². The smallest absolute Gasteiger partial charge is 0.237 e. The van der Waals surface area contributed by atoms with Crippen LogP contribution in [0.1, 0.15) is 18.9 Å². The highest BCUT2D eigenvalue weighted by Crippen LogP contribution is 2.45. The average Bonchev–Trinajstić information content (AvgIpc) is 2.67. The van der Waals surface area contributed by atoms with E-state index in [4.69, 9.17) is 33.7 Å². The van der Waals surface area contributed by atoms with Crippen LogP contribution in [0.15, 0.2) is 12.1 Å². The van der Waals surface area contributed by atoms with Crippen LogP contribution in [-0.2, 0) is 15.0 Å². The van der Waals surface area contributed by atoms with E-state index in [9.17, 15) is 9.59 Å². The van der Waals surface area contributed by atoms with Crippen LogP contribution in [0.5, 0.6) is 5.75 Å². The molecule has 1 heterocycles. The Labute approximate surface area is 132 Å². The van der Waals surface area contributed by atoms with Gasteiger partial charge in [-0.25, -0.2) is 0 Å². The summed E-state index contributed by atoms with van der Waals surface area (Å²) in [4.78, 5) is 24.6. The maximum Gasteiger partial charge on any atom is 0.237 e. The van der Waals surface area contributed by atoms with E-state index < -0.39 is 11.3 Å². The number of hydrogen-bond acceptors (Lipinski definition) is 3. The molecule has 1 fully saturated rings. The minimum absolute atomic E-state index is 0.102. The van der Waals surface area contributed by atoms with Crippen molar-refractivity contribution in [2.24, 2.45) is 5.73 Å². The number of nitrogens with two attached hydrogens (primary N) is 1. The fraction of sp³-hybridized carbons (Fsp3) is 0.429. The van der Waals surface area contributed by atoms with Crippen molar-refractivity contribution >= 4 is 35.0 Å². The Bertz CT molecular complexity index is 606. The number of carbonyl (C=O) groups excluding carboxylic acids is 2. The third-order valence-corrected chi connectivity index (χ3v) is 4.46. The molecule has 1 aromatic carbocycles. The molecule has 1 atom stereocenters. The normalized spacial score (nSPS) is 21.7. The monoisotopic (exact) mass is 330 g/mol. The number of benzene rings is 1. The summed E-state index contributed by atoms with van der Waals surface area (Å²) in [5, 5.41) is 0.765. The predicted octanol–water partition coefficient (Wildman–Crippen LogP) is 1.98. The summed E-state index contributed by atoms with van der Waals surface area (Å²) in [7, 11) is 1.53. The molecule has 114 valence electrons. The summed E-state index contributed by atoms with van der Waals surface area (Å²) in [6.07, 6.45) is 0.219. The highest BCUT2D eigenvalue weighted by atomic mass is 35.5. The Morgan fingerprint density at radius 3 is 2.71 bits per heavy atom. The van der Waals surface area contributed by atoms with E-state index in [1.54, 1.807) is 12.1 Å². The summed E-state index contributed by atoms with van der Waals surface area (Å²) in [6, 6.07) is 3.36. The second-order valence-electron chi connectivity index (χ2n) is 5.39. The number of hydrogen-bond donors (Lipinski definition) is 1. The first-order valence-electron chi connectivity index (χ1n) is 6.37. The van der Waals surface area contributed by atoms with E-state index in [1.165, 1.54) is 12.0 Å². The quantitative estimate of drug-likeness (QED) is 0.917. The summed E-state index contributed by atoms with van der Waals surface area (Å²) >= 11 is 12.4. The zero-order valence-electron chi connectivity index (χ0n) is 11.8. The maximum absolute atomic E-state index is 12.1. The predicted molar refractivity (Wildman–Crippen MR) is 80.8 cm³/mol. The molecule has 5 nitrogen and oxygen atoms in total. The zero-order chi connectivity index (χ0) is 15.8. The minimum atomic E-state index is -0.583. The Morgan fingerprint density at radius 2 is 2.14 bits per heavy atom. The number of ether oxygens (including phenoxy) is 1. The van der Waals surface area contributed by atoms with Crippen molar-refractivity contribution in [2.75, 3.05) is 20.2 Å². The van der Waals surface area contributed by atoms with E-state index >= 15 is 0 Å². The van der Waals surface area contributed by atoms with Crippen LogP contribution in [-0.4, -0.2) is 36.9 Å². The average molecular weight is 331 g/mol. The molecule has 0 saturated carbocycles. The number of amides is 2. The number of carbonyl (C=O) groups is 2. The molecule has 7 heteroatoms. The SMILES string of the molecule is COc1ccc(Cl)c(Cl)c1C1(C)CC(=O)N(CC(N)=O)C1. The molecule has 0 radical (unpaired) electrons. The number of likely N-dealkylation sites (tertiary alicyclic amines) is 1. The molecule has 0 aromatic heterocycles. The van der Waals surface area contributed by atoms with Gasteiger partial charge < -0.3 is 15.4 Å². The van der Waals surface area contributed by atoms with Crippen LogP contribution in [0.25, 0.3) is 0 Å². The van der Waals surface area contributed by atoms with E-state index in [0.29, 0.717) is 27.9 Å². The van der Waals surface area contributed by atoms with Crippen molar-refractivity contribution in [3.63, 3.8) is 0 Å². The van der Waals surface area contributed by atoms with Gasteiger partial charge in [-0.05, 0) is 12.1 Å². The minimum Gasteiger partial charge on any atom is -0.496 e. The van der Waals surface area contributed by atoms with Gasteiger partial charge in [0.05, 0.1) is 23.7 Å². The fourth-order valence-electron chi connectivity index (χ4n) is 2.78. The topological polar surface area (TPSA) is 72.6 Å². The highest BCUT2D eigenvalue weighted by Gasteiger charge is 2.44. The Balaban J connectivity index is 2.44. The molecule has 1 saturated heterocycles. The van der Waals surface area contributed by atoms with Gasteiger partial charge in [0, 0.05) is 23.9 Å². The second kappa shape index (κ2) is 5.73. The van der Waals surface area contributed by atoms with Gasteiger partial charge in [0.15, 0.2) is 0 Å². The molecule has 21 heavy (non-hydrogen) atoms. The Hall–Kier alpha value is -1.46. The lowest BCUT2D eigenvalue weighted by Crippen LogP contribution is -2.36. The molecular weight excluding hydrogens is 315 g/mol. The number of rotatable bonds is 4. The molecule has 1 unspecified atom stereocenters. The third-order valence-electron chi connectivity index (χ3n) is 3.66. The molecule has 1 aromatic rings. The molecule has 0 bridgehead atoms. The molecule has 2 rings (SSSR count). The summed E-state index contributed by atoms with van der Waals surface area (Å²) in [5.41, 5.74) is 5.26. The first kappa shape index (κ1) is 15.9. The van der Waals surface area contributed by atoms with Gasteiger partial charge in [-0.2, -0.15) is 0 Å².